The zero-order valence-electron chi connectivity index (χ0n) is 12.1. The molecule has 1 N–H and O–H groups in total. The fraction of sp³-hybridized carbons (Fsp3) is 0.625. The lowest BCUT2D eigenvalue weighted by molar-refractivity contribution is 0.162. The topological polar surface area (TPSA) is 30.5 Å². The van der Waals surface area contributed by atoms with Crippen molar-refractivity contribution < 1.29 is 9.47 Å². The molecule has 0 bridgehead atoms. The third-order valence-corrected chi connectivity index (χ3v) is 3.61. The van der Waals surface area contributed by atoms with Crippen molar-refractivity contribution in [2.45, 2.75) is 38.6 Å². The van der Waals surface area contributed by atoms with Crippen LogP contribution in [0.15, 0.2) is 18.2 Å². The Hall–Kier alpha value is -1.06. The third kappa shape index (κ3) is 4.22. The van der Waals surface area contributed by atoms with Gasteiger partial charge in [0.2, 0.25) is 0 Å². The van der Waals surface area contributed by atoms with Crippen LogP contribution < -0.4 is 10.1 Å². The second-order valence-corrected chi connectivity index (χ2v) is 5.19. The van der Waals surface area contributed by atoms with E-state index in [1.165, 1.54) is 24.0 Å². The Bertz CT molecular complexity index is 386. The van der Waals surface area contributed by atoms with Gasteiger partial charge in [0.15, 0.2) is 0 Å². The molecule has 1 atom stereocenters. The average molecular weight is 263 g/mol. The summed E-state index contributed by atoms with van der Waals surface area (Å²) in [5.74, 6) is 1.07. The van der Waals surface area contributed by atoms with Crippen LogP contribution in [0.1, 0.15) is 30.9 Å². The van der Waals surface area contributed by atoms with Crippen molar-refractivity contribution in [3.63, 3.8) is 0 Å². The first-order chi connectivity index (χ1) is 9.33. The Morgan fingerprint density at radius 1 is 1.42 bits per heavy atom. The van der Waals surface area contributed by atoms with Crippen LogP contribution in [0.2, 0.25) is 0 Å². The molecule has 1 aliphatic heterocycles. The number of nitrogens with one attached hydrogen (secondary N) is 1. The smallest absolute Gasteiger partial charge is 0.122 e. The fourth-order valence-electron chi connectivity index (χ4n) is 2.61. The molecule has 0 radical (unpaired) electrons. The van der Waals surface area contributed by atoms with E-state index in [4.69, 9.17) is 9.47 Å². The number of hydrogen-bond acceptors (Lipinski definition) is 3. The number of fused-ring (bicyclic) bond motifs is 1. The quantitative estimate of drug-likeness (QED) is 0.782. The third-order valence-electron chi connectivity index (χ3n) is 3.61. The van der Waals surface area contributed by atoms with Gasteiger partial charge >= 0.3 is 0 Å². The highest BCUT2D eigenvalue weighted by Gasteiger charge is 2.12. The Morgan fingerprint density at radius 3 is 3.11 bits per heavy atom. The van der Waals surface area contributed by atoms with Crippen LogP contribution in [-0.2, 0) is 17.6 Å². The van der Waals surface area contributed by atoms with Crippen molar-refractivity contribution in [3.8, 4) is 5.75 Å². The van der Waals surface area contributed by atoms with Gasteiger partial charge in [-0.25, -0.2) is 0 Å². The molecule has 1 unspecified atom stereocenters. The molecule has 0 fully saturated rings. The Morgan fingerprint density at radius 2 is 2.32 bits per heavy atom. The molecule has 3 heteroatoms. The molecule has 3 nitrogen and oxygen atoms in total. The van der Waals surface area contributed by atoms with Crippen LogP contribution in [0.3, 0.4) is 0 Å². The molecule has 19 heavy (non-hydrogen) atoms. The number of benzene rings is 1. The Labute approximate surface area is 116 Å². The normalized spacial score (nSPS) is 15.1. The molecule has 2 rings (SSSR count). The summed E-state index contributed by atoms with van der Waals surface area (Å²) in [6.07, 6.45) is 4.49. The van der Waals surface area contributed by atoms with Crippen LogP contribution in [0.5, 0.6) is 5.75 Å². The van der Waals surface area contributed by atoms with E-state index >= 15 is 0 Å². The van der Waals surface area contributed by atoms with Gasteiger partial charge in [-0.1, -0.05) is 25.5 Å². The van der Waals surface area contributed by atoms with Gasteiger partial charge in [-0.3, -0.25) is 0 Å². The maximum atomic E-state index is 5.53. The number of rotatable bonds is 8. The van der Waals surface area contributed by atoms with E-state index in [-0.39, 0.29) is 0 Å². The van der Waals surface area contributed by atoms with Gasteiger partial charge in [0.05, 0.1) is 13.2 Å². The minimum atomic E-state index is 0.479. The van der Waals surface area contributed by atoms with Gasteiger partial charge in [0, 0.05) is 19.6 Å². The zero-order chi connectivity index (χ0) is 13.5. The fourth-order valence-corrected chi connectivity index (χ4v) is 2.61. The predicted octanol–water partition coefficient (Wildman–Crippen LogP) is 2.57. The van der Waals surface area contributed by atoms with Gasteiger partial charge in [-0.2, -0.15) is 0 Å². The minimum Gasteiger partial charge on any atom is -0.493 e. The van der Waals surface area contributed by atoms with Crippen molar-refractivity contribution in [1.82, 2.24) is 5.32 Å². The summed E-state index contributed by atoms with van der Waals surface area (Å²) in [6.45, 7) is 4.85. The Kier molecular flexibility index (Phi) is 5.67. The molecule has 0 amide bonds. The maximum Gasteiger partial charge on any atom is 0.122 e. The highest BCUT2D eigenvalue weighted by Crippen LogP contribution is 2.25. The summed E-state index contributed by atoms with van der Waals surface area (Å²) in [5, 5.41) is 3.58. The van der Waals surface area contributed by atoms with E-state index in [0.29, 0.717) is 6.04 Å². The van der Waals surface area contributed by atoms with Crippen molar-refractivity contribution in [2.24, 2.45) is 0 Å². The second-order valence-electron chi connectivity index (χ2n) is 5.19. The molecule has 1 aliphatic rings. The van der Waals surface area contributed by atoms with Gasteiger partial charge in [-0.05, 0) is 36.6 Å². The van der Waals surface area contributed by atoms with Crippen molar-refractivity contribution in [2.75, 3.05) is 26.9 Å². The first-order valence-corrected chi connectivity index (χ1v) is 7.30. The summed E-state index contributed by atoms with van der Waals surface area (Å²) < 4.78 is 10.8. The lowest BCUT2D eigenvalue weighted by Gasteiger charge is -2.17. The van der Waals surface area contributed by atoms with Crippen LogP contribution in [0, 0.1) is 0 Å². The SMILES string of the molecule is CCCC(COC)NCCc1ccc2c(c1)CCO2. The van der Waals surface area contributed by atoms with Crippen LogP contribution >= 0.6 is 0 Å². The van der Waals surface area contributed by atoms with E-state index in [2.05, 4.69) is 30.4 Å². The molecule has 0 aliphatic carbocycles. The van der Waals surface area contributed by atoms with E-state index in [0.717, 1.165) is 38.3 Å². The molecule has 0 aromatic heterocycles. The number of ether oxygens (including phenoxy) is 2. The molecule has 106 valence electrons. The van der Waals surface area contributed by atoms with Crippen molar-refractivity contribution in [1.29, 1.82) is 0 Å². The molecule has 0 saturated carbocycles. The van der Waals surface area contributed by atoms with Gasteiger partial charge in [-0.15, -0.1) is 0 Å². The van der Waals surface area contributed by atoms with Gasteiger partial charge in [0.1, 0.15) is 5.75 Å². The first kappa shape index (κ1) is 14.4. The summed E-state index contributed by atoms with van der Waals surface area (Å²) in [5.41, 5.74) is 2.75. The van der Waals surface area contributed by atoms with E-state index in [9.17, 15) is 0 Å². The highest BCUT2D eigenvalue weighted by molar-refractivity contribution is 5.39. The van der Waals surface area contributed by atoms with E-state index < -0.39 is 0 Å². The Balaban J connectivity index is 1.78. The zero-order valence-corrected chi connectivity index (χ0v) is 12.1. The standard InChI is InChI=1S/C16H25NO2/c1-3-4-15(12-18-2)17-9-7-13-5-6-16-14(11-13)8-10-19-16/h5-6,11,15,17H,3-4,7-10,12H2,1-2H3. The lowest BCUT2D eigenvalue weighted by atomic mass is 10.1. The van der Waals surface area contributed by atoms with Crippen LogP contribution in [0.25, 0.3) is 0 Å². The molecule has 0 saturated heterocycles. The summed E-state index contributed by atoms with van der Waals surface area (Å²) in [6, 6.07) is 7.05. The molecular weight excluding hydrogens is 238 g/mol. The minimum absolute atomic E-state index is 0.479. The number of methoxy groups -OCH3 is 1. The van der Waals surface area contributed by atoms with E-state index in [1.807, 2.05) is 0 Å². The van der Waals surface area contributed by atoms with Crippen molar-refractivity contribution in [3.05, 3.63) is 29.3 Å². The lowest BCUT2D eigenvalue weighted by Crippen LogP contribution is -2.34. The predicted molar refractivity (Wildman–Crippen MR) is 77.9 cm³/mol. The summed E-state index contributed by atoms with van der Waals surface area (Å²) in [4.78, 5) is 0. The van der Waals surface area contributed by atoms with Crippen LogP contribution in [-0.4, -0.2) is 32.9 Å². The summed E-state index contributed by atoms with van der Waals surface area (Å²) in [7, 11) is 1.77. The van der Waals surface area contributed by atoms with Crippen LogP contribution in [0.4, 0.5) is 0 Å². The molecule has 1 heterocycles. The molecule has 1 aromatic carbocycles. The van der Waals surface area contributed by atoms with Crippen molar-refractivity contribution >= 4 is 0 Å². The van der Waals surface area contributed by atoms with Gasteiger partial charge < -0.3 is 14.8 Å². The largest absolute Gasteiger partial charge is 0.493 e. The molecule has 1 aromatic rings. The number of hydrogen-bond donors (Lipinski definition) is 1. The first-order valence-electron chi connectivity index (χ1n) is 7.30. The summed E-state index contributed by atoms with van der Waals surface area (Å²) >= 11 is 0. The highest BCUT2D eigenvalue weighted by atomic mass is 16.5. The van der Waals surface area contributed by atoms with Gasteiger partial charge in [0.25, 0.3) is 0 Å². The molecule has 0 spiro atoms. The monoisotopic (exact) mass is 263 g/mol. The average Bonchev–Trinajstić information content (AvgIpc) is 2.86. The van der Waals surface area contributed by atoms with E-state index in [1.54, 1.807) is 7.11 Å². The second kappa shape index (κ2) is 7.51. The maximum absolute atomic E-state index is 5.53. The molecular formula is C16H25NO2.